The number of anilines is 2. The Kier molecular flexibility index (Phi) is 19.3. The minimum Gasteiger partial charge on any atom is -0.385 e. The van der Waals surface area contributed by atoms with Crippen molar-refractivity contribution in [1.82, 2.24) is 0 Å². The third-order valence-electron chi connectivity index (χ3n) is 7.58. The van der Waals surface area contributed by atoms with E-state index in [1.165, 1.54) is 127 Å². The van der Waals surface area contributed by atoms with Crippen LogP contribution in [0.4, 0.5) is 11.4 Å². The van der Waals surface area contributed by atoms with Gasteiger partial charge in [0.25, 0.3) is 0 Å². The number of nitrogens with zero attached hydrogens (tertiary/aromatic N) is 2. The number of hydrogen-bond donors (Lipinski definition) is 2. The number of pyridine rings is 2. The van der Waals surface area contributed by atoms with Crippen molar-refractivity contribution in [3.8, 4) is 0 Å². The fourth-order valence-electron chi connectivity index (χ4n) is 5.02. The van der Waals surface area contributed by atoms with Crippen LogP contribution in [0.25, 0.3) is 0 Å². The molecule has 0 radical (unpaired) electrons. The average molecular weight is 525 g/mol. The molecule has 2 N–H and O–H groups in total. The van der Waals surface area contributed by atoms with Crippen LogP contribution in [0.5, 0.6) is 0 Å². The van der Waals surface area contributed by atoms with Crippen LogP contribution in [0, 0.1) is 0 Å². The molecule has 2 aromatic heterocycles. The van der Waals surface area contributed by atoms with E-state index in [0.717, 1.165) is 26.2 Å². The van der Waals surface area contributed by atoms with Crippen molar-refractivity contribution >= 4 is 11.4 Å². The van der Waals surface area contributed by atoms with Gasteiger partial charge < -0.3 is 10.6 Å². The lowest BCUT2D eigenvalue weighted by molar-refractivity contribution is -0.697. The van der Waals surface area contributed by atoms with E-state index in [1.54, 1.807) is 0 Å². The molecule has 2 rings (SSSR count). The van der Waals surface area contributed by atoms with E-state index in [1.807, 2.05) is 0 Å². The molecule has 2 aromatic rings. The van der Waals surface area contributed by atoms with Gasteiger partial charge >= 0.3 is 0 Å². The third-order valence-corrected chi connectivity index (χ3v) is 7.58. The average Bonchev–Trinajstić information content (AvgIpc) is 2.95. The second-order valence-corrected chi connectivity index (χ2v) is 11.2. The van der Waals surface area contributed by atoms with Gasteiger partial charge in [0.1, 0.15) is 13.1 Å². The molecule has 4 heteroatoms. The van der Waals surface area contributed by atoms with Crippen LogP contribution in [0.2, 0.25) is 0 Å². The summed E-state index contributed by atoms with van der Waals surface area (Å²) in [5, 5.41) is 7.15. The highest BCUT2D eigenvalue weighted by molar-refractivity contribution is 5.40. The number of unbranched alkanes of at least 4 members (excludes halogenated alkanes) is 15. The number of aromatic nitrogens is 2. The van der Waals surface area contributed by atoms with Gasteiger partial charge in [0.2, 0.25) is 0 Å². The lowest BCUT2D eigenvalue weighted by Gasteiger charge is -2.08. The zero-order valence-electron chi connectivity index (χ0n) is 25.1. The Morgan fingerprint density at radius 1 is 0.421 bits per heavy atom. The molecule has 38 heavy (non-hydrogen) atoms. The molecular formula is C34H60N4+2. The van der Waals surface area contributed by atoms with E-state index in [4.69, 9.17) is 0 Å². The summed E-state index contributed by atoms with van der Waals surface area (Å²) < 4.78 is 4.65. The standard InChI is InChI=1S/C34H58N4/c1-3-5-7-9-11-13-15-19-27-37-29-21-33(22-30-37)35-25-17-18-26-36-34-23-31-38(32-24-34)28-20-16-14-12-10-8-6-4-2/h21-24,29-32H,3-20,25-28H2,1-2H3/p+2. The molecule has 0 aliphatic carbocycles. The molecule has 0 saturated carbocycles. The second-order valence-electron chi connectivity index (χ2n) is 11.2. The lowest BCUT2D eigenvalue weighted by Crippen LogP contribution is -2.32. The Labute approximate surface area is 235 Å². The molecule has 214 valence electrons. The molecular weight excluding hydrogens is 464 g/mol. The van der Waals surface area contributed by atoms with Crippen molar-refractivity contribution in [2.24, 2.45) is 0 Å². The molecule has 0 aliphatic heterocycles. The van der Waals surface area contributed by atoms with Crippen LogP contribution in [-0.4, -0.2) is 13.1 Å². The first-order valence-corrected chi connectivity index (χ1v) is 16.3. The Balaban J connectivity index is 1.44. The highest BCUT2D eigenvalue weighted by Gasteiger charge is 2.03. The quantitative estimate of drug-likeness (QED) is 0.100. The van der Waals surface area contributed by atoms with E-state index in [0.29, 0.717) is 0 Å². The molecule has 0 bridgehead atoms. The maximum atomic E-state index is 3.58. The van der Waals surface area contributed by atoms with Gasteiger partial charge in [0, 0.05) is 61.6 Å². The van der Waals surface area contributed by atoms with Gasteiger partial charge in [0.15, 0.2) is 24.8 Å². The normalized spacial score (nSPS) is 11.1. The lowest BCUT2D eigenvalue weighted by atomic mass is 10.1. The fraction of sp³-hybridized carbons (Fsp3) is 0.706. The molecule has 0 spiro atoms. The summed E-state index contributed by atoms with van der Waals surface area (Å²) in [6.45, 7) is 8.90. The molecule has 0 atom stereocenters. The van der Waals surface area contributed by atoms with Gasteiger partial charge in [-0.05, 0) is 25.7 Å². The largest absolute Gasteiger partial charge is 0.385 e. The SMILES string of the molecule is CCCCCCCCCC[n+]1ccc(NCCCCNc2cc[n+](CCCCCCCCCC)cc2)cc1. The predicted molar refractivity (Wildman–Crippen MR) is 165 cm³/mol. The fourth-order valence-corrected chi connectivity index (χ4v) is 5.02. The van der Waals surface area contributed by atoms with Crippen LogP contribution in [0.15, 0.2) is 49.1 Å². The monoisotopic (exact) mass is 524 g/mol. The minimum atomic E-state index is 1.02. The molecule has 0 amide bonds. The second kappa shape index (κ2) is 22.8. The number of aryl methyl sites for hydroxylation is 2. The predicted octanol–water partition coefficient (Wildman–Crippen LogP) is 8.85. The molecule has 2 heterocycles. The number of hydrogen-bond acceptors (Lipinski definition) is 2. The van der Waals surface area contributed by atoms with Crippen LogP contribution in [0.3, 0.4) is 0 Å². The van der Waals surface area contributed by atoms with Crippen molar-refractivity contribution in [2.45, 2.75) is 143 Å². The first kappa shape index (κ1) is 32.1. The van der Waals surface area contributed by atoms with E-state index < -0.39 is 0 Å². The maximum absolute atomic E-state index is 3.58. The minimum absolute atomic E-state index is 1.02. The van der Waals surface area contributed by atoms with Gasteiger partial charge in [-0.3, -0.25) is 0 Å². The van der Waals surface area contributed by atoms with Crippen molar-refractivity contribution in [2.75, 3.05) is 23.7 Å². The van der Waals surface area contributed by atoms with Gasteiger partial charge in [0.05, 0.1) is 0 Å². The van der Waals surface area contributed by atoms with Crippen molar-refractivity contribution < 1.29 is 9.13 Å². The van der Waals surface area contributed by atoms with Crippen LogP contribution in [0.1, 0.15) is 129 Å². The van der Waals surface area contributed by atoms with Crippen molar-refractivity contribution in [1.29, 1.82) is 0 Å². The van der Waals surface area contributed by atoms with Gasteiger partial charge in [-0.2, -0.15) is 0 Å². The number of nitrogens with one attached hydrogen (secondary N) is 2. The smallest absolute Gasteiger partial charge is 0.170 e. The summed E-state index contributed by atoms with van der Waals surface area (Å²) in [5.41, 5.74) is 2.46. The maximum Gasteiger partial charge on any atom is 0.170 e. The van der Waals surface area contributed by atoms with Crippen LogP contribution in [-0.2, 0) is 13.1 Å². The molecule has 0 aliphatic rings. The van der Waals surface area contributed by atoms with Crippen LogP contribution >= 0.6 is 0 Å². The van der Waals surface area contributed by atoms with E-state index in [-0.39, 0.29) is 0 Å². The third kappa shape index (κ3) is 16.7. The zero-order chi connectivity index (χ0) is 26.9. The van der Waals surface area contributed by atoms with Gasteiger partial charge in [-0.15, -0.1) is 0 Å². The van der Waals surface area contributed by atoms with Gasteiger partial charge in [-0.1, -0.05) is 90.9 Å². The summed E-state index contributed by atoms with van der Waals surface area (Å²) >= 11 is 0. The summed E-state index contributed by atoms with van der Waals surface area (Å²) in [4.78, 5) is 0. The molecule has 4 nitrogen and oxygen atoms in total. The van der Waals surface area contributed by atoms with Crippen LogP contribution < -0.4 is 19.8 Å². The summed E-state index contributed by atoms with van der Waals surface area (Å²) in [5.74, 6) is 0. The number of rotatable bonds is 25. The van der Waals surface area contributed by atoms with E-state index in [2.05, 4.69) is 82.7 Å². The van der Waals surface area contributed by atoms with Crippen molar-refractivity contribution in [3.05, 3.63) is 49.1 Å². The summed E-state index contributed by atoms with van der Waals surface area (Å²) in [6.07, 6.45) is 33.3. The Morgan fingerprint density at radius 3 is 1.08 bits per heavy atom. The summed E-state index contributed by atoms with van der Waals surface area (Å²) in [7, 11) is 0. The Bertz CT molecular complexity index is 705. The molecule has 0 unspecified atom stereocenters. The zero-order valence-corrected chi connectivity index (χ0v) is 25.1. The van der Waals surface area contributed by atoms with Crippen molar-refractivity contribution in [3.63, 3.8) is 0 Å². The highest BCUT2D eigenvalue weighted by atomic mass is 14.9. The summed E-state index contributed by atoms with van der Waals surface area (Å²) in [6, 6.07) is 8.87. The van der Waals surface area contributed by atoms with E-state index in [9.17, 15) is 0 Å². The first-order chi connectivity index (χ1) is 18.8. The highest BCUT2D eigenvalue weighted by Crippen LogP contribution is 2.10. The first-order valence-electron chi connectivity index (χ1n) is 16.3. The molecule has 0 aromatic carbocycles. The topological polar surface area (TPSA) is 31.8 Å². The Hall–Kier alpha value is -2.10. The molecule has 0 saturated heterocycles. The van der Waals surface area contributed by atoms with E-state index >= 15 is 0 Å². The molecule has 0 fully saturated rings. The van der Waals surface area contributed by atoms with Gasteiger partial charge in [-0.25, -0.2) is 9.13 Å². The Morgan fingerprint density at radius 2 is 0.737 bits per heavy atom.